The molecule has 0 unspecified atom stereocenters. The number of carbonyl (C=O) groups is 1. The second kappa shape index (κ2) is 8.97. The van der Waals surface area contributed by atoms with Crippen molar-refractivity contribution in [1.29, 1.82) is 0 Å². The number of nitrogens with two attached hydrogens (primary N) is 1. The van der Waals surface area contributed by atoms with Gasteiger partial charge >= 0.3 is 6.09 Å². The molecule has 9 nitrogen and oxygen atoms in total. The lowest BCUT2D eigenvalue weighted by atomic mass is 10.2. The molecule has 13 heteroatoms. The summed E-state index contributed by atoms with van der Waals surface area (Å²) in [5, 5.41) is 10.3. The molecule has 0 radical (unpaired) electrons. The van der Waals surface area contributed by atoms with Crippen molar-refractivity contribution in [2.45, 2.75) is 13.0 Å². The molecule has 3 rings (SSSR count). The zero-order valence-electron chi connectivity index (χ0n) is 15.1. The summed E-state index contributed by atoms with van der Waals surface area (Å²) < 4.78 is 33.4. The van der Waals surface area contributed by atoms with E-state index in [0.717, 1.165) is 12.3 Å². The number of anilines is 2. The summed E-state index contributed by atoms with van der Waals surface area (Å²) in [6.07, 6.45) is -1.31. The van der Waals surface area contributed by atoms with Crippen LogP contribution in [0, 0.1) is 11.8 Å². The lowest BCUT2D eigenvalue weighted by Gasteiger charge is -2.15. The van der Waals surface area contributed by atoms with Crippen LogP contribution < -0.4 is 11.1 Å². The van der Waals surface area contributed by atoms with E-state index < -0.39 is 24.0 Å². The van der Waals surface area contributed by atoms with Crippen LogP contribution in [-0.2, 0) is 11.8 Å². The standard InChI is InChI=1S/C16H14ClF2N7O2.ClH/c1-7(9-5-8(18)6-21-14(9)19)28-16(27)23-15-12(24-25-26(15)2)11-4-3-10(20)13(17)22-11;/h3-7H,20H2,1-2H3,(H,23,27);1H/t7-;/m1./s1. The van der Waals surface area contributed by atoms with Gasteiger partial charge < -0.3 is 10.5 Å². The molecule has 0 aliphatic heterocycles. The maximum absolute atomic E-state index is 13.7. The Bertz CT molecular complexity index is 1050. The second-order valence-electron chi connectivity index (χ2n) is 5.69. The van der Waals surface area contributed by atoms with E-state index in [2.05, 4.69) is 25.6 Å². The van der Waals surface area contributed by atoms with Crippen molar-refractivity contribution in [3.05, 3.63) is 46.9 Å². The van der Waals surface area contributed by atoms with Crippen LogP contribution >= 0.6 is 24.0 Å². The number of rotatable bonds is 4. The highest BCUT2D eigenvalue weighted by molar-refractivity contribution is 6.31. The van der Waals surface area contributed by atoms with Gasteiger partial charge in [0.25, 0.3) is 0 Å². The normalized spacial score (nSPS) is 11.5. The van der Waals surface area contributed by atoms with E-state index in [1.807, 2.05) is 0 Å². The summed E-state index contributed by atoms with van der Waals surface area (Å²) in [7, 11) is 1.53. The Morgan fingerprint density at radius 2 is 2.10 bits per heavy atom. The number of amides is 1. The van der Waals surface area contributed by atoms with Gasteiger partial charge in [0, 0.05) is 7.05 Å². The first-order valence-corrected chi connectivity index (χ1v) is 8.24. The SMILES string of the molecule is C[C@@H](OC(=O)Nc1c(-c2ccc(N)c(Cl)n2)nnn1C)c1cc(F)cnc1F.Cl. The molecule has 0 aromatic carbocycles. The minimum atomic E-state index is -1.10. The third-order valence-electron chi connectivity index (χ3n) is 3.72. The molecule has 0 aliphatic rings. The smallest absolute Gasteiger partial charge is 0.413 e. The van der Waals surface area contributed by atoms with Crippen LogP contribution in [0.5, 0.6) is 0 Å². The number of nitrogens with one attached hydrogen (secondary N) is 1. The molecule has 0 saturated heterocycles. The number of pyridine rings is 2. The predicted molar refractivity (Wildman–Crippen MR) is 104 cm³/mol. The number of aryl methyl sites for hydroxylation is 1. The fraction of sp³-hybridized carbons (Fsp3) is 0.188. The molecule has 0 saturated carbocycles. The Balaban J connectivity index is 0.00000300. The van der Waals surface area contributed by atoms with Crippen LogP contribution in [0.1, 0.15) is 18.6 Å². The highest BCUT2D eigenvalue weighted by Gasteiger charge is 2.21. The van der Waals surface area contributed by atoms with E-state index in [1.54, 1.807) is 6.07 Å². The van der Waals surface area contributed by atoms with Crippen molar-refractivity contribution >= 4 is 41.6 Å². The molecule has 3 aromatic rings. The molecule has 3 heterocycles. The van der Waals surface area contributed by atoms with Gasteiger partial charge in [-0.1, -0.05) is 16.8 Å². The predicted octanol–water partition coefficient (Wildman–Crippen LogP) is 3.52. The van der Waals surface area contributed by atoms with Gasteiger partial charge in [-0.25, -0.2) is 23.8 Å². The first kappa shape index (κ1) is 22.2. The lowest BCUT2D eigenvalue weighted by Crippen LogP contribution is -2.19. The molecule has 0 aliphatic carbocycles. The quantitative estimate of drug-likeness (QED) is 0.589. The average molecular weight is 446 g/mol. The van der Waals surface area contributed by atoms with Crippen LogP contribution in [0.3, 0.4) is 0 Å². The van der Waals surface area contributed by atoms with E-state index in [-0.39, 0.29) is 40.3 Å². The molecule has 0 bridgehead atoms. The molecule has 3 aromatic heterocycles. The summed E-state index contributed by atoms with van der Waals surface area (Å²) in [6.45, 7) is 1.38. The molecular formula is C16H15Cl2F2N7O2. The van der Waals surface area contributed by atoms with Gasteiger partial charge in [0.15, 0.2) is 16.7 Å². The average Bonchev–Trinajstić information content (AvgIpc) is 3.00. The van der Waals surface area contributed by atoms with Gasteiger partial charge in [-0.15, -0.1) is 17.5 Å². The highest BCUT2D eigenvalue weighted by Crippen LogP contribution is 2.27. The maximum atomic E-state index is 13.7. The van der Waals surface area contributed by atoms with Gasteiger partial charge in [0.2, 0.25) is 5.95 Å². The summed E-state index contributed by atoms with van der Waals surface area (Å²) in [6, 6.07) is 3.99. The van der Waals surface area contributed by atoms with Crippen LogP contribution in [-0.4, -0.2) is 31.1 Å². The molecule has 0 fully saturated rings. The van der Waals surface area contributed by atoms with Crippen molar-refractivity contribution < 1.29 is 18.3 Å². The molecule has 1 atom stereocenters. The first-order valence-electron chi connectivity index (χ1n) is 7.87. The zero-order valence-corrected chi connectivity index (χ0v) is 16.6. The Morgan fingerprint density at radius 1 is 1.38 bits per heavy atom. The number of carbonyl (C=O) groups excluding carboxylic acids is 1. The van der Waals surface area contributed by atoms with E-state index in [9.17, 15) is 13.6 Å². The molecular weight excluding hydrogens is 431 g/mol. The van der Waals surface area contributed by atoms with Crippen molar-refractivity contribution in [2.75, 3.05) is 11.1 Å². The minimum Gasteiger partial charge on any atom is -0.441 e. The summed E-state index contributed by atoms with van der Waals surface area (Å²) >= 11 is 5.92. The molecule has 154 valence electrons. The molecule has 3 N–H and O–H groups in total. The molecule has 29 heavy (non-hydrogen) atoms. The van der Waals surface area contributed by atoms with Gasteiger partial charge in [-0.05, 0) is 25.1 Å². The van der Waals surface area contributed by atoms with Gasteiger partial charge in [0.05, 0.1) is 23.1 Å². The Morgan fingerprint density at radius 3 is 2.79 bits per heavy atom. The summed E-state index contributed by atoms with van der Waals surface area (Å²) in [4.78, 5) is 19.6. The maximum Gasteiger partial charge on any atom is 0.413 e. The first-order chi connectivity index (χ1) is 13.3. The van der Waals surface area contributed by atoms with Crippen molar-refractivity contribution in [1.82, 2.24) is 25.0 Å². The minimum absolute atomic E-state index is 0. The van der Waals surface area contributed by atoms with Gasteiger partial charge in [-0.3, -0.25) is 5.32 Å². The van der Waals surface area contributed by atoms with Crippen LogP contribution in [0.4, 0.5) is 25.1 Å². The van der Waals surface area contributed by atoms with Crippen molar-refractivity contribution in [3.63, 3.8) is 0 Å². The Labute approximate surface area is 174 Å². The fourth-order valence-corrected chi connectivity index (χ4v) is 2.47. The van der Waals surface area contributed by atoms with Crippen LogP contribution in [0.2, 0.25) is 5.15 Å². The van der Waals surface area contributed by atoms with Crippen LogP contribution in [0.25, 0.3) is 11.4 Å². The fourth-order valence-electron chi connectivity index (χ4n) is 2.32. The monoisotopic (exact) mass is 445 g/mol. The number of aromatic nitrogens is 5. The third kappa shape index (κ3) is 4.87. The number of nitrogens with zero attached hydrogens (tertiary/aromatic N) is 5. The Hall–Kier alpha value is -3.05. The number of hydrogen-bond donors (Lipinski definition) is 2. The van der Waals surface area contributed by atoms with E-state index in [1.165, 1.54) is 24.7 Å². The summed E-state index contributed by atoms with van der Waals surface area (Å²) in [5.74, 6) is -1.54. The largest absolute Gasteiger partial charge is 0.441 e. The number of halogens is 4. The zero-order chi connectivity index (χ0) is 20.4. The lowest BCUT2D eigenvalue weighted by molar-refractivity contribution is 0.118. The molecule has 0 spiro atoms. The Kier molecular flexibility index (Phi) is 6.88. The van der Waals surface area contributed by atoms with Gasteiger partial charge in [0.1, 0.15) is 11.9 Å². The van der Waals surface area contributed by atoms with Crippen molar-refractivity contribution in [3.8, 4) is 11.4 Å². The second-order valence-corrected chi connectivity index (χ2v) is 6.05. The number of hydrogen-bond acceptors (Lipinski definition) is 7. The topological polar surface area (TPSA) is 121 Å². The van der Waals surface area contributed by atoms with Gasteiger partial charge in [-0.2, -0.15) is 4.39 Å². The van der Waals surface area contributed by atoms with E-state index in [4.69, 9.17) is 22.1 Å². The highest BCUT2D eigenvalue weighted by atomic mass is 35.5. The van der Waals surface area contributed by atoms with Crippen LogP contribution in [0.15, 0.2) is 24.4 Å². The van der Waals surface area contributed by atoms with E-state index in [0.29, 0.717) is 5.69 Å². The van der Waals surface area contributed by atoms with Crippen molar-refractivity contribution in [2.24, 2.45) is 7.05 Å². The molecule has 1 amide bonds. The van der Waals surface area contributed by atoms with E-state index >= 15 is 0 Å². The number of ether oxygens (including phenoxy) is 1. The third-order valence-corrected chi connectivity index (χ3v) is 4.02. The summed E-state index contributed by atoms with van der Waals surface area (Å²) in [5.41, 5.74) is 6.24. The number of nitrogen functional groups attached to an aromatic ring is 1.